The van der Waals surface area contributed by atoms with E-state index < -0.39 is 0 Å². The van der Waals surface area contributed by atoms with Gasteiger partial charge in [-0.15, -0.1) is 0 Å². The van der Waals surface area contributed by atoms with Crippen LogP contribution in [0, 0.1) is 0 Å². The molecule has 0 aromatic heterocycles. The first-order valence-electron chi connectivity index (χ1n) is 8.72. The number of carbonyl (C=O) groups excluding carboxylic acids is 1. The zero-order chi connectivity index (χ0) is 15.3. The van der Waals surface area contributed by atoms with Crippen molar-refractivity contribution in [3.63, 3.8) is 0 Å². The highest BCUT2D eigenvalue weighted by Gasteiger charge is 2.36. The van der Waals surface area contributed by atoms with E-state index in [1.807, 2.05) is 0 Å². The van der Waals surface area contributed by atoms with E-state index in [2.05, 4.69) is 19.1 Å². The van der Waals surface area contributed by atoms with Gasteiger partial charge < -0.3 is 4.74 Å². The number of hydrogen-bond acceptors (Lipinski definition) is 2. The summed E-state index contributed by atoms with van der Waals surface area (Å²) in [4.78, 5) is 10.6. The van der Waals surface area contributed by atoms with Crippen molar-refractivity contribution >= 4 is 16.8 Å². The van der Waals surface area contributed by atoms with E-state index in [1.165, 1.54) is 51.4 Å². The third-order valence-electron chi connectivity index (χ3n) is 4.06. The molecule has 1 rings (SSSR count). The molecule has 0 spiro atoms. The molecule has 1 fully saturated rings. The van der Waals surface area contributed by atoms with Gasteiger partial charge in [-0.05, 0) is 43.7 Å². The molecule has 21 heavy (non-hydrogen) atoms. The molecule has 122 valence electrons. The highest BCUT2D eigenvalue weighted by Crippen LogP contribution is 2.30. The summed E-state index contributed by atoms with van der Waals surface area (Å²) >= 11 is 5.29. The maximum Gasteiger partial charge on any atom is 0.221 e. The van der Waals surface area contributed by atoms with Crippen molar-refractivity contribution in [2.45, 2.75) is 96.2 Å². The molecule has 0 N–H and O–H groups in total. The van der Waals surface area contributed by atoms with E-state index in [0.717, 1.165) is 19.3 Å². The van der Waals surface area contributed by atoms with Crippen LogP contribution in [0.25, 0.3) is 0 Å². The SMILES string of the molecule is CCCCC[C@H]1O[C@H]1CC=CCCCCCCCC(=O)Cl. The lowest BCUT2D eigenvalue weighted by Crippen LogP contribution is -1.92. The van der Waals surface area contributed by atoms with Crippen LogP contribution in [-0.2, 0) is 9.53 Å². The fourth-order valence-corrected chi connectivity index (χ4v) is 2.77. The van der Waals surface area contributed by atoms with Gasteiger partial charge in [-0.2, -0.15) is 0 Å². The number of carbonyl (C=O) groups is 1. The highest BCUT2D eigenvalue weighted by atomic mass is 35.5. The summed E-state index contributed by atoms with van der Waals surface area (Å²) < 4.78 is 5.67. The average molecular weight is 315 g/mol. The zero-order valence-corrected chi connectivity index (χ0v) is 14.2. The Balaban J connectivity index is 1.81. The molecule has 2 atom stereocenters. The van der Waals surface area contributed by atoms with E-state index in [1.54, 1.807) is 0 Å². The maximum atomic E-state index is 10.6. The molecule has 0 aliphatic carbocycles. The Morgan fingerprint density at radius 1 is 1.00 bits per heavy atom. The van der Waals surface area contributed by atoms with Gasteiger partial charge in [0.1, 0.15) is 0 Å². The van der Waals surface area contributed by atoms with Crippen molar-refractivity contribution in [1.82, 2.24) is 0 Å². The van der Waals surface area contributed by atoms with Crippen molar-refractivity contribution < 1.29 is 9.53 Å². The molecule has 0 amide bonds. The molecule has 2 nitrogen and oxygen atoms in total. The molecule has 0 unspecified atom stereocenters. The van der Waals surface area contributed by atoms with Crippen LogP contribution in [0.3, 0.4) is 0 Å². The normalized spacial score (nSPS) is 21.0. The topological polar surface area (TPSA) is 29.6 Å². The molecule has 0 aromatic rings. The summed E-state index contributed by atoms with van der Waals surface area (Å²) in [5.74, 6) is 0. The van der Waals surface area contributed by atoms with Crippen molar-refractivity contribution in [2.75, 3.05) is 0 Å². The van der Waals surface area contributed by atoms with Gasteiger partial charge in [0.05, 0.1) is 12.2 Å². The molecule has 0 saturated carbocycles. The summed E-state index contributed by atoms with van der Waals surface area (Å²) in [7, 11) is 0. The second kappa shape index (κ2) is 12.2. The molecule has 1 aliphatic heterocycles. The van der Waals surface area contributed by atoms with Crippen LogP contribution >= 0.6 is 11.6 Å². The molecule has 0 bridgehead atoms. The number of hydrogen-bond donors (Lipinski definition) is 0. The van der Waals surface area contributed by atoms with Crippen molar-refractivity contribution in [1.29, 1.82) is 0 Å². The highest BCUT2D eigenvalue weighted by molar-refractivity contribution is 6.63. The van der Waals surface area contributed by atoms with Crippen LogP contribution in [0.15, 0.2) is 12.2 Å². The third kappa shape index (κ3) is 11.0. The number of epoxide rings is 1. The first-order chi connectivity index (χ1) is 10.2. The lowest BCUT2D eigenvalue weighted by molar-refractivity contribution is -0.111. The number of halogens is 1. The van der Waals surface area contributed by atoms with Crippen molar-refractivity contribution in [2.24, 2.45) is 0 Å². The summed E-state index contributed by atoms with van der Waals surface area (Å²) in [6.45, 7) is 2.24. The van der Waals surface area contributed by atoms with Gasteiger partial charge in [0, 0.05) is 6.42 Å². The van der Waals surface area contributed by atoms with Crippen LogP contribution < -0.4 is 0 Å². The van der Waals surface area contributed by atoms with Crippen LogP contribution in [0.2, 0.25) is 0 Å². The quantitative estimate of drug-likeness (QED) is 0.176. The predicted octanol–water partition coefficient (Wildman–Crippen LogP) is 5.78. The summed E-state index contributed by atoms with van der Waals surface area (Å²) in [5.41, 5.74) is 0. The minimum atomic E-state index is -0.201. The Hall–Kier alpha value is -0.340. The Kier molecular flexibility index (Phi) is 10.9. The summed E-state index contributed by atoms with van der Waals surface area (Å²) in [6.07, 6.45) is 19.4. The van der Waals surface area contributed by atoms with Crippen LogP contribution in [-0.4, -0.2) is 17.5 Å². The molecule has 0 aromatic carbocycles. The molecule has 3 heteroatoms. The van der Waals surface area contributed by atoms with Crippen LogP contribution in [0.4, 0.5) is 0 Å². The summed E-state index contributed by atoms with van der Waals surface area (Å²) in [5, 5.41) is -0.201. The first kappa shape index (κ1) is 18.7. The Morgan fingerprint density at radius 2 is 1.76 bits per heavy atom. The lowest BCUT2D eigenvalue weighted by atomic mass is 10.1. The van der Waals surface area contributed by atoms with Crippen LogP contribution in [0.5, 0.6) is 0 Å². The van der Waals surface area contributed by atoms with E-state index in [-0.39, 0.29) is 5.24 Å². The minimum Gasteiger partial charge on any atom is -0.369 e. The second-order valence-electron chi connectivity index (χ2n) is 6.08. The van der Waals surface area contributed by atoms with Gasteiger partial charge in [-0.3, -0.25) is 4.79 Å². The van der Waals surface area contributed by atoms with Crippen molar-refractivity contribution in [3.05, 3.63) is 12.2 Å². The van der Waals surface area contributed by atoms with Crippen molar-refractivity contribution in [3.8, 4) is 0 Å². The molecule has 0 radical (unpaired) electrons. The second-order valence-corrected chi connectivity index (χ2v) is 6.50. The van der Waals surface area contributed by atoms with Gasteiger partial charge in [0.25, 0.3) is 0 Å². The number of ether oxygens (including phenoxy) is 1. The van der Waals surface area contributed by atoms with E-state index in [0.29, 0.717) is 18.6 Å². The number of unbranched alkanes of at least 4 members (excludes halogenated alkanes) is 7. The van der Waals surface area contributed by atoms with Gasteiger partial charge >= 0.3 is 0 Å². The smallest absolute Gasteiger partial charge is 0.221 e. The molecule has 1 saturated heterocycles. The van der Waals surface area contributed by atoms with E-state index >= 15 is 0 Å². The number of rotatable bonds is 14. The first-order valence-corrected chi connectivity index (χ1v) is 9.10. The fraction of sp³-hybridized carbons (Fsp3) is 0.833. The van der Waals surface area contributed by atoms with Gasteiger partial charge in [-0.25, -0.2) is 0 Å². The lowest BCUT2D eigenvalue weighted by Gasteiger charge is -1.98. The van der Waals surface area contributed by atoms with E-state index in [4.69, 9.17) is 16.3 Å². The Labute approximate surface area is 135 Å². The molecular formula is C18H31ClO2. The van der Waals surface area contributed by atoms with Gasteiger partial charge in [0.2, 0.25) is 5.24 Å². The molecule has 1 aliphatic rings. The molecule has 1 heterocycles. The predicted molar refractivity (Wildman–Crippen MR) is 89.7 cm³/mol. The zero-order valence-electron chi connectivity index (χ0n) is 13.5. The Morgan fingerprint density at radius 3 is 2.52 bits per heavy atom. The maximum absolute atomic E-state index is 10.6. The standard InChI is InChI=1S/C18H31ClO2/c1-2-3-10-13-16-17(21-16)14-11-8-6-4-5-7-9-12-15-18(19)20/h8,11,16-17H,2-7,9-10,12-15H2,1H3/t16-,17+/m1/s1. The minimum absolute atomic E-state index is 0.201. The van der Waals surface area contributed by atoms with Gasteiger partial charge in [-0.1, -0.05) is 57.6 Å². The monoisotopic (exact) mass is 314 g/mol. The average Bonchev–Trinajstić information content (AvgIpc) is 3.19. The summed E-state index contributed by atoms with van der Waals surface area (Å²) in [6, 6.07) is 0. The Bertz CT molecular complexity index is 302. The largest absolute Gasteiger partial charge is 0.369 e. The van der Waals surface area contributed by atoms with Gasteiger partial charge in [0.15, 0.2) is 0 Å². The van der Waals surface area contributed by atoms with Crippen LogP contribution in [0.1, 0.15) is 84.0 Å². The number of allylic oxidation sites excluding steroid dienone is 1. The van der Waals surface area contributed by atoms with E-state index in [9.17, 15) is 4.79 Å². The molecular weight excluding hydrogens is 284 g/mol. The third-order valence-corrected chi connectivity index (χ3v) is 4.25. The fourth-order valence-electron chi connectivity index (χ4n) is 2.64.